The number of phenols is 1. The highest BCUT2D eigenvalue weighted by Crippen LogP contribution is 2.19. The molecule has 0 aliphatic carbocycles. The highest BCUT2D eigenvalue weighted by Gasteiger charge is 2.12. The van der Waals surface area contributed by atoms with Crippen LogP contribution < -0.4 is 0 Å². The Morgan fingerprint density at radius 1 is 1.17 bits per heavy atom. The van der Waals surface area contributed by atoms with Gasteiger partial charge in [0.1, 0.15) is 17.9 Å². The van der Waals surface area contributed by atoms with Gasteiger partial charge in [-0.25, -0.2) is 4.79 Å². The summed E-state index contributed by atoms with van der Waals surface area (Å²) in [5.41, 5.74) is 2.00. The van der Waals surface area contributed by atoms with E-state index in [9.17, 15) is 9.90 Å². The molecular weight excluding hydrogens is 228 g/mol. The lowest BCUT2D eigenvalue weighted by atomic mass is 10.1. The zero-order chi connectivity index (χ0) is 13.0. The summed E-state index contributed by atoms with van der Waals surface area (Å²) < 4.78 is 5.14. The molecule has 0 radical (unpaired) electrons. The van der Waals surface area contributed by atoms with E-state index in [1.807, 2.05) is 37.3 Å². The number of hydrogen-bond acceptors (Lipinski definition) is 3. The second-order valence-corrected chi connectivity index (χ2v) is 4.08. The van der Waals surface area contributed by atoms with Crippen LogP contribution in [0.2, 0.25) is 0 Å². The van der Waals surface area contributed by atoms with E-state index in [0.29, 0.717) is 0 Å². The fourth-order valence-electron chi connectivity index (χ4n) is 1.62. The average Bonchev–Trinajstić information content (AvgIpc) is 2.37. The third-order valence-corrected chi connectivity index (χ3v) is 2.59. The van der Waals surface area contributed by atoms with E-state index in [0.717, 1.165) is 11.1 Å². The first kappa shape index (κ1) is 12.2. The predicted octanol–water partition coefficient (Wildman–Crippen LogP) is 3.06. The molecule has 0 aromatic heterocycles. The molecule has 0 fully saturated rings. The van der Waals surface area contributed by atoms with Gasteiger partial charge in [-0.15, -0.1) is 0 Å². The first-order valence-electron chi connectivity index (χ1n) is 5.67. The largest absolute Gasteiger partial charge is 0.507 e. The van der Waals surface area contributed by atoms with Crippen LogP contribution in [-0.2, 0) is 11.3 Å². The maximum Gasteiger partial charge on any atom is 0.342 e. The average molecular weight is 242 g/mol. The molecule has 1 N–H and O–H groups in total. The van der Waals surface area contributed by atoms with Gasteiger partial charge in [0.15, 0.2) is 0 Å². The van der Waals surface area contributed by atoms with Crippen LogP contribution in [0.4, 0.5) is 0 Å². The number of aryl methyl sites for hydroxylation is 1. The number of phenolic OH excluding ortho intramolecular Hbond substituents is 1. The predicted molar refractivity (Wildman–Crippen MR) is 68.4 cm³/mol. The van der Waals surface area contributed by atoms with E-state index < -0.39 is 5.97 Å². The van der Waals surface area contributed by atoms with Crippen molar-refractivity contribution in [2.75, 3.05) is 0 Å². The van der Waals surface area contributed by atoms with Crippen LogP contribution in [0.1, 0.15) is 21.5 Å². The normalized spacial score (nSPS) is 10.1. The SMILES string of the molecule is Cc1ccc(C(=O)OCc2ccccc2)c(O)c1. The fraction of sp³-hybridized carbons (Fsp3) is 0.133. The summed E-state index contributed by atoms with van der Waals surface area (Å²) in [5, 5.41) is 9.66. The monoisotopic (exact) mass is 242 g/mol. The van der Waals surface area contributed by atoms with E-state index in [1.54, 1.807) is 18.2 Å². The molecule has 3 heteroatoms. The van der Waals surface area contributed by atoms with Crippen LogP contribution in [0, 0.1) is 6.92 Å². The maximum absolute atomic E-state index is 11.8. The Balaban J connectivity index is 2.04. The fourth-order valence-corrected chi connectivity index (χ4v) is 1.62. The van der Waals surface area contributed by atoms with Gasteiger partial charge < -0.3 is 9.84 Å². The number of carbonyl (C=O) groups excluding carboxylic acids is 1. The number of aromatic hydroxyl groups is 1. The first-order valence-corrected chi connectivity index (χ1v) is 5.67. The summed E-state index contributed by atoms with van der Waals surface area (Å²) in [6, 6.07) is 14.3. The van der Waals surface area contributed by atoms with Gasteiger partial charge in [-0.1, -0.05) is 36.4 Å². The zero-order valence-corrected chi connectivity index (χ0v) is 10.1. The summed E-state index contributed by atoms with van der Waals surface area (Å²) in [7, 11) is 0. The van der Waals surface area contributed by atoms with Crippen LogP contribution >= 0.6 is 0 Å². The molecule has 2 rings (SSSR count). The van der Waals surface area contributed by atoms with Crippen molar-refractivity contribution in [3.05, 3.63) is 65.2 Å². The molecule has 2 aromatic rings. The third-order valence-electron chi connectivity index (χ3n) is 2.59. The minimum Gasteiger partial charge on any atom is -0.507 e. The summed E-state index contributed by atoms with van der Waals surface area (Å²) in [6.45, 7) is 2.05. The molecule has 0 spiro atoms. The minimum atomic E-state index is -0.517. The molecular formula is C15H14O3. The molecule has 0 atom stereocenters. The van der Waals surface area contributed by atoms with E-state index in [2.05, 4.69) is 0 Å². The molecule has 0 aliphatic heterocycles. The smallest absolute Gasteiger partial charge is 0.342 e. The van der Waals surface area contributed by atoms with Crippen molar-refractivity contribution in [3.8, 4) is 5.75 Å². The van der Waals surface area contributed by atoms with Gasteiger partial charge in [0, 0.05) is 0 Å². The molecule has 0 unspecified atom stereocenters. The standard InChI is InChI=1S/C15H14O3/c1-11-7-8-13(14(16)9-11)15(17)18-10-12-5-3-2-4-6-12/h2-9,16H,10H2,1H3. The molecule has 2 aromatic carbocycles. The van der Waals surface area contributed by atoms with E-state index in [1.165, 1.54) is 0 Å². The molecule has 0 heterocycles. The Morgan fingerprint density at radius 2 is 1.89 bits per heavy atom. The molecule has 0 bridgehead atoms. The summed E-state index contributed by atoms with van der Waals surface area (Å²) >= 11 is 0. The summed E-state index contributed by atoms with van der Waals surface area (Å²) in [5.74, 6) is -0.565. The number of ether oxygens (including phenoxy) is 1. The lowest BCUT2D eigenvalue weighted by Crippen LogP contribution is -2.05. The van der Waals surface area contributed by atoms with Gasteiger partial charge in [0.05, 0.1) is 0 Å². The quantitative estimate of drug-likeness (QED) is 0.841. The zero-order valence-electron chi connectivity index (χ0n) is 10.1. The lowest BCUT2D eigenvalue weighted by Gasteiger charge is -2.06. The Labute approximate surface area is 106 Å². The van der Waals surface area contributed by atoms with Gasteiger partial charge in [0.2, 0.25) is 0 Å². The van der Waals surface area contributed by atoms with Crippen molar-refractivity contribution in [1.82, 2.24) is 0 Å². The van der Waals surface area contributed by atoms with Crippen LogP contribution in [0.15, 0.2) is 48.5 Å². The van der Waals surface area contributed by atoms with Gasteiger partial charge in [0.25, 0.3) is 0 Å². The van der Waals surface area contributed by atoms with Crippen molar-refractivity contribution in [3.63, 3.8) is 0 Å². The number of rotatable bonds is 3. The Bertz CT molecular complexity index is 547. The van der Waals surface area contributed by atoms with E-state index in [4.69, 9.17) is 4.74 Å². The second kappa shape index (κ2) is 5.36. The summed E-state index contributed by atoms with van der Waals surface area (Å²) in [6.07, 6.45) is 0. The Morgan fingerprint density at radius 3 is 2.56 bits per heavy atom. The molecule has 0 aliphatic rings. The first-order chi connectivity index (χ1) is 8.66. The Hall–Kier alpha value is -2.29. The van der Waals surface area contributed by atoms with Crippen molar-refractivity contribution < 1.29 is 14.6 Å². The topological polar surface area (TPSA) is 46.5 Å². The van der Waals surface area contributed by atoms with Gasteiger partial charge in [-0.3, -0.25) is 0 Å². The highest BCUT2D eigenvalue weighted by atomic mass is 16.5. The molecule has 0 amide bonds. The highest BCUT2D eigenvalue weighted by molar-refractivity contribution is 5.92. The molecule has 0 saturated carbocycles. The third kappa shape index (κ3) is 2.88. The summed E-state index contributed by atoms with van der Waals surface area (Å²) in [4.78, 5) is 11.8. The number of carbonyl (C=O) groups is 1. The number of esters is 1. The second-order valence-electron chi connectivity index (χ2n) is 4.08. The van der Waals surface area contributed by atoms with Crippen molar-refractivity contribution in [2.45, 2.75) is 13.5 Å². The van der Waals surface area contributed by atoms with Gasteiger partial charge >= 0.3 is 5.97 Å². The van der Waals surface area contributed by atoms with Crippen LogP contribution in [0.3, 0.4) is 0 Å². The number of benzene rings is 2. The molecule has 18 heavy (non-hydrogen) atoms. The van der Waals surface area contributed by atoms with Crippen LogP contribution in [-0.4, -0.2) is 11.1 Å². The van der Waals surface area contributed by atoms with Crippen molar-refractivity contribution in [1.29, 1.82) is 0 Å². The number of hydrogen-bond donors (Lipinski definition) is 1. The lowest BCUT2D eigenvalue weighted by molar-refractivity contribution is 0.0469. The Kier molecular flexibility index (Phi) is 3.63. The maximum atomic E-state index is 11.8. The van der Waals surface area contributed by atoms with Crippen LogP contribution in [0.5, 0.6) is 5.75 Å². The molecule has 3 nitrogen and oxygen atoms in total. The minimum absolute atomic E-state index is 0.0481. The molecule has 92 valence electrons. The van der Waals surface area contributed by atoms with E-state index in [-0.39, 0.29) is 17.9 Å². The van der Waals surface area contributed by atoms with Crippen molar-refractivity contribution in [2.24, 2.45) is 0 Å². The van der Waals surface area contributed by atoms with Gasteiger partial charge in [-0.2, -0.15) is 0 Å². The molecule has 0 saturated heterocycles. The van der Waals surface area contributed by atoms with Gasteiger partial charge in [-0.05, 0) is 30.2 Å². The van der Waals surface area contributed by atoms with Crippen molar-refractivity contribution >= 4 is 5.97 Å². The van der Waals surface area contributed by atoms with Crippen LogP contribution in [0.25, 0.3) is 0 Å². The van der Waals surface area contributed by atoms with E-state index >= 15 is 0 Å².